The van der Waals surface area contributed by atoms with Gasteiger partial charge in [0.15, 0.2) is 0 Å². The highest BCUT2D eigenvalue weighted by molar-refractivity contribution is 5.85. The summed E-state index contributed by atoms with van der Waals surface area (Å²) in [6.07, 6.45) is 0. The van der Waals surface area contributed by atoms with Crippen molar-refractivity contribution in [3.8, 4) is 11.3 Å². The first-order valence-electron chi connectivity index (χ1n) is 9.13. The number of halogens is 1. The molecule has 0 amide bonds. The second-order valence-electron chi connectivity index (χ2n) is 6.40. The van der Waals surface area contributed by atoms with Crippen molar-refractivity contribution in [2.45, 2.75) is 27.7 Å². The minimum atomic E-state index is 0. The molecule has 1 heterocycles. The van der Waals surface area contributed by atoms with Crippen LogP contribution in [0.25, 0.3) is 11.3 Å². The summed E-state index contributed by atoms with van der Waals surface area (Å²) in [6.45, 7) is 10.4. The summed E-state index contributed by atoms with van der Waals surface area (Å²) in [5.41, 5.74) is 5.53. The zero-order valence-corrected chi connectivity index (χ0v) is 17.2. The van der Waals surface area contributed by atoms with Gasteiger partial charge in [-0.25, -0.2) is 9.97 Å². The van der Waals surface area contributed by atoms with E-state index < -0.39 is 0 Å². The number of nitrogens with one attached hydrogen (secondary N) is 1. The fraction of sp³-hybridized carbons (Fsp3) is 0.273. The summed E-state index contributed by atoms with van der Waals surface area (Å²) in [7, 11) is 0. The third-order valence-corrected chi connectivity index (χ3v) is 4.45. The summed E-state index contributed by atoms with van der Waals surface area (Å²) in [6, 6.07) is 18.9. The van der Waals surface area contributed by atoms with Crippen molar-refractivity contribution in [3.63, 3.8) is 0 Å². The molecule has 1 N–H and O–H groups in total. The first kappa shape index (κ1) is 20.7. The maximum absolute atomic E-state index is 4.58. The van der Waals surface area contributed by atoms with Crippen molar-refractivity contribution < 1.29 is 0 Å². The minimum absolute atomic E-state index is 0. The van der Waals surface area contributed by atoms with Gasteiger partial charge in [-0.05, 0) is 52.0 Å². The SMILES string of the molecule is CCN(CC)c1ccc(Nc2cc(-c3ccc(C)cc3)nc(C)n2)cc1.Cl. The Bertz CT molecular complexity index is 856. The second-order valence-corrected chi connectivity index (χ2v) is 6.40. The lowest BCUT2D eigenvalue weighted by atomic mass is 10.1. The van der Waals surface area contributed by atoms with Gasteiger partial charge in [-0.1, -0.05) is 29.8 Å². The van der Waals surface area contributed by atoms with Gasteiger partial charge in [-0.15, -0.1) is 12.4 Å². The zero-order valence-electron chi connectivity index (χ0n) is 16.4. The van der Waals surface area contributed by atoms with E-state index in [0.29, 0.717) is 0 Å². The van der Waals surface area contributed by atoms with Gasteiger partial charge in [0.2, 0.25) is 0 Å². The van der Waals surface area contributed by atoms with Crippen LogP contribution in [-0.2, 0) is 0 Å². The lowest BCUT2D eigenvalue weighted by Gasteiger charge is -2.21. The number of hydrogen-bond acceptors (Lipinski definition) is 4. The molecule has 0 unspecified atom stereocenters. The number of aromatic nitrogens is 2. The quantitative estimate of drug-likeness (QED) is 0.587. The van der Waals surface area contributed by atoms with Crippen LogP contribution in [0, 0.1) is 13.8 Å². The summed E-state index contributed by atoms with van der Waals surface area (Å²) in [4.78, 5) is 11.4. The van der Waals surface area contributed by atoms with E-state index in [1.54, 1.807) is 0 Å². The van der Waals surface area contributed by atoms with E-state index in [2.05, 4.69) is 89.5 Å². The average Bonchev–Trinajstić information content (AvgIpc) is 2.64. The first-order valence-corrected chi connectivity index (χ1v) is 9.13. The Morgan fingerprint density at radius 2 is 1.48 bits per heavy atom. The number of benzene rings is 2. The number of aryl methyl sites for hydroxylation is 2. The first-order chi connectivity index (χ1) is 12.6. The summed E-state index contributed by atoms with van der Waals surface area (Å²) in [5.74, 6) is 1.56. The van der Waals surface area contributed by atoms with E-state index in [1.165, 1.54) is 11.3 Å². The van der Waals surface area contributed by atoms with Crippen molar-refractivity contribution in [1.29, 1.82) is 0 Å². The van der Waals surface area contributed by atoms with Gasteiger partial charge in [0, 0.05) is 36.1 Å². The van der Waals surface area contributed by atoms with Crippen molar-refractivity contribution >= 4 is 29.6 Å². The van der Waals surface area contributed by atoms with E-state index in [4.69, 9.17) is 0 Å². The van der Waals surface area contributed by atoms with Gasteiger partial charge in [0.05, 0.1) is 5.69 Å². The molecule has 5 heteroatoms. The highest BCUT2D eigenvalue weighted by Crippen LogP contribution is 2.24. The molecule has 1 aromatic heterocycles. The van der Waals surface area contributed by atoms with Crippen molar-refractivity contribution in [1.82, 2.24) is 9.97 Å². The summed E-state index contributed by atoms with van der Waals surface area (Å²) < 4.78 is 0. The van der Waals surface area contributed by atoms with Crippen LogP contribution >= 0.6 is 12.4 Å². The predicted molar refractivity (Wildman–Crippen MR) is 117 cm³/mol. The summed E-state index contributed by atoms with van der Waals surface area (Å²) >= 11 is 0. The molecule has 0 aliphatic heterocycles. The molecule has 0 atom stereocenters. The van der Waals surface area contributed by atoms with Crippen LogP contribution in [0.15, 0.2) is 54.6 Å². The van der Waals surface area contributed by atoms with Gasteiger partial charge in [-0.2, -0.15) is 0 Å². The number of anilines is 3. The number of hydrogen-bond donors (Lipinski definition) is 1. The van der Waals surface area contributed by atoms with E-state index in [1.807, 2.05) is 13.0 Å². The highest BCUT2D eigenvalue weighted by Gasteiger charge is 2.06. The number of rotatable bonds is 6. The molecule has 3 rings (SSSR count). The van der Waals surface area contributed by atoms with Crippen molar-refractivity contribution in [3.05, 3.63) is 66.0 Å². The Morgan fingerprint density at radius 3 is 2.07 bits per heavy atom. The molecule has 0 aliphatic carbocycles. The Labute approximate surface area is 168 Å². The normalized spacial score (nSPS) is 10.2. The molecule has 142 valence electrons. The van der Waals surface area contributed by atoms with Gasteiger partial charge in [0.1, 0.15) is 11.6 Å². The van der Waals surface area contributed by atoms with Crippen LogP contribution in [-0.4, -0.2) is 23.1 Å². The molecule has 0 bridgehead atoms. The van der Waals surface area contributed by atoms with Crippen molar-refractivity contribution in [2.24, 2.45) is 0 Å². The van der Waals surface area contributed by atoms with Crippen LogP contribution in [0.3, 0.4) is 0 Å². The Kier molecular flexibility index (Phi) is 7.19. The summed E-state index contributed by atoms with van der Waals surface area (Å²) in [5, 5.41) is 3.40. The molecule has 3 aromatic rings. The third-order valence-electron chi connectivity index (χ3n) is 4.45. The van der Waals surface area contributed by atoms with E-state index >= 15 is 0 Å². The van der Waals surface area contributed by atoms with Crippen LogP contribution in [0.4, 0.5) is 17.2 Å². The molecular formula is C22H27ClN4. The van der Waals surface area contributed by atoms with Crippen molar-refractivity contribution in [2.75, 3.05) is 23.3 Å². The fourth-order valence-corrected chi connectivity index (χ4v) is 3.00. The smallest absolute Gasteiger partial charge is 0.134 e. The maximum Gasteiger partial charge on any atom is 0.134 e. The Morgan fingerprint density at radius 1 is 0.852 bits per heavy atom. The molecule has 27 heavy (non-hydrogen) atoms. The average molecular weight is 383 g/mol. The van der Waals surface area contributed by atoms with Crippen LogP contribution in [0.5, 0.6) is 0 Å². The molecule has 0 saturated carbocycles. The molecule has 0 fully saturated rings. The zero-order chi connectivity index (χ0) is 18.5. The van der Waals surface area contributed by atoms with Crippen LogP contribution in [0.2, 0.25) is 0 Å². The molecular weight excluding hydrogens is 356 g/mol. The molecule has 0 radical (unpaired) electrons. The van der Waals surface area contributed by atoms with Crippen LogP contribution < -0.4 is 10.2 Å². The molecule has 0 aliphatic rings. The highest BCUT2D eigenvalue weighted by atomic mass is 35.5. The maximum atomic E-state index is 4.58. The molecule has 0 spiro atoms. The lowest BCUT2D eigenvalue weighted by Crippen LogP contribution is -2.21. The Hall–Kier alpha value is -2.59. The second kappa shape index (κ2) is 9.38. The molecule has 4 nitrogen and oxygen atoms in total. The van der Waals surface area contributed by atoms with Crippen LogP contribution in [0.1, 0.15) is 25.2 Å². The van der Waals surface area contributed by atoms with Gasteiger partial charge >= 0.3 is 0 Å². The van der Waals surface area contributed by atoms with Gasteiger partial charge in [0.25, 0.3) is 0 Å². The fourth-order valence-electron chi connectivity index (χ4n) is 3.00. The largest absolute Gasteiger partial charge is 0.372 e. The van der Waals surface area contributed by atoms with E-state index in [-0.39, 0.29) is 12.4 Å². The predicted octanol–water partition coefficient (Wildman–Crippen LogP) is 5.77. The van der Waals surface area contributed by atoms with E-state index in [9.17, 15) is 0 Å². The van der Waals surface area contributed by atoms with Gasteiger partial charge < -0.3 is 10.2 Å². The molecule has 0 saturated heterocycles. The minimum Gasteiger partial charge on any atom is -0.372 e. The Balaban J connectivity index is 0.00000261. The molecule has 2 aromatic carbocycles. The topological polar surface area (TPSA) is 41.0 Å². The monoisotopic (exact) mass is 382 g/mol. The van der Waals surface area contributed by atoms with E-state index in [0.717, 1.165) is 41.7 Å². The lowest BCUT2D eigenvalue weighted by molar-refractivity contribution is 0.866. The third kappa shape index (κ3) is 5.20. The van der Waals surface area contributed by atoms with Gasteiger partial charge in [-0.3, -0.25) is 0 Å². The standard InChI is InChI=1S/C22H26N4.ClH/c1-5-26(6-2)20-13-11-19(12-14-20)25-22-15-21(23-17(4)24-22)18-9-7-16(3)8-10-18;/h7-15H,5-6H2,1-4H3,(H,23,24,25);1H. The number of nitrogens with zero attached hydrogens (tertiary/aromatic N) is 3.